The molecule has 0 spiro atoms. The summed E-state index contributed by atoms with van der Waals surface area (Å²) in [6, 6.07) is 28.8. The van der Waals surface area contributed by atoms with Crippen LogP contribution in [-0.4, -0.2) is 9.13 Å². The number of alkyl halides is 9. The molecule has 258 valence electrons. The Balaban J connectivity index is 1.52. The van der Waals surface area contributed by atoms with Crippen molar-refractivity contribution in [3.8, 4) is 28.6 Å². The van der Waals surface area contributed by atoms with Gasteiger partial charge in [0.05, 0.1) is 61.8 Å². The molecule has 0 aliphatic carbocycles. The van der Waals surface area contributed by atoms with Gasteiger partial charge in [-0.2, -0.15) is 44.8 Å². The number of halogens is 9. The van der Waals surface area contributed by atoms with Crippen LogP contribution in [0.2, 0.25) is 0 Å². The van der Waals surface area contributed by atoms with E-state index in [1.165, 1.54) is 53.1 Å². The van der Waals surface area contributed by atoms with Gasteiger partial charge >= 0.3 is 18.5 Å². The highest BCUT2D eigenvalue weighted by Crippen LogP contribution is 2.46. The van der Waals surface area contributed by atoms with Crippen molar-refractivity contribution < 1.29 is 39.5 Å². The molecule has 0 saturated heterocycles. The van der Waals surface area contributed by atoms with Crippen molar-refractivity contribution in [3.05, 3.63) is 144 Å². The van der Waals surface area contributed by atoms with E-state index in [1.54, 1.807) is 41.0 Å². The lowest BCUT2D eigenvalue weighted by molar-refractivity contribution is -0.138. The van der Waals surface area contributed by atoms with E-state index < -0.39 is 40.9 Å². The van der Waals surface area contributed by atoms with Gasteiger partial charge < -0.3 is 9.13 Å². The number of benzene rings is 6. The lowest BCUT2D eigenvalue weighted by atomic mass is 9.95. The summed E-state index contributed by atoms with van der Waals surface area (Å²) in [5.74, 6) is 0. The molecule has 0 unspecified atom stereocenters. The van der Waals surface area contributed by atoms with Gasteiger partial charge in [0.1, 0.15) is 0 Å². The van der Waals surface area contributed by atoms with Crippen LogP contribution < -0.4 is 0 Å². The summed E-state index contributed by atoms with van der Waals surface area (Å²) in [5.41, 5.74) is -1.88. The minimum Gasteiger partial charge on any atom is -0.309 e. The summed E-state index contributed by atoms with van der Waals surface area (Å²) in [4.78, 5) is 0. The Hall–Kier alpha value is -6.22. The van der Waals surface area contributed by atoms with E-state index in [-0.39, 0.29) is 49.6 Å². The van der Waals surface area contributed by atoms with Gasteiger partial charge in [0.25, 0.3) is 0 Å². The maximum Gasteiger partial charge on any atom is 0.418 e. The van der Waals surface area contributed by atoms with Crippen molar-refractivity contribution in [2.24, 2.45) is 0 Å². The summed E-state index contributed by atoms with van der Waals surface area (Å²) in [5, 5.41) is 11.0. The number of para-hydroxylation sites is 3. The molecule has 3 nitrogen and oxygen atoms in total. The zero-order valence-corrected chi connectivity index (χ0v) is 26.3. The standard InChI is InChI=1S/C40H20F9N3/c41-38(42,43)23-13-16-35-29(19-23)25-6-1-3-10-32(25)51(35)34-15-12-22(21-50)18-28(34)27-8-5-9-31(40(47,48)49)37(27)52-33-11-4-2-7-26(33)30-20-24(39(44,45)46)14-17-36(30)52/h1-20H. The number of fused-ring (bicyclic) bond motifs is 6. The molecule has 6 aromatic carbocycles. The molecule has 2 heterocycles. The van der Waals surface area contributed by atoms with E-state index in [2.05, 4.69) is 0 Å². The first-order valence-electron chi connectivity index (χ1n) is 15.6. The average molecular weight is 714 g/mol. The maximum atomic E-state index is 15.1. The van der Waals surface area contributed by atoms with Gasteiger partial charge in [0.2, 0.25) is 0 Å². The zero-order chi connectivity index (χ0) is 36.7. The predicted octanol–water partition coefficient (Wildman–Crippen LogP) is 12.5. The van der Waals surface area contributed by atoms with Crippen LogP contribution in [0.25, 0.3) is 66.1 Å². The lowest BCUT2D eigenvalue weighted by Gasteiger charge is -2.22. The first-order valence-corrected chi connectivity index (χ1v) is 15.6. The molecule has 0 saturated carbocycles. The third kappa shape index (κ3) is 5.15. The molecular formula is C40H20F9N3. The zero-order valence-electron chi connectivity index (χ0n) is 26.3. The molecule has 0 atom stereocenters. The molecule has 0 amide bonds. The summed E-state index contributed by atoms with van der Waals surface area (Å²) >= 11 is 0. The second-order valence-corrected chi connectivity index (χ2v) is 12.2. The Morgan fingerprint density at radius 2 is 0.962 bits per heavy atom. The third-order valence-corrected chi connectivity index (χ3v) is 9.22. The second kappa shape index (κ2) is 11.4. The Morgan fingerprint density at radius 1 is 0.442 bits per heavy atom. The molecule has 0 aliphatic rings. The van der Waals surface area contributed by atoms with Crippen molar-refractivity contribution in [2.45, 2.75) is 18.5 Å². The van der Waals surface area contributed by atoms with Gasteiger partial charge in [-0.15, -0.1) is 0 Å². The lowest BCUT2D eigenvalue weighted by Crippen LogP contribution is -2.13. The average Bonchev–Trinajstić information content (AvgIpc) is 3.62. The minimum absolute atomic E-state index is 0.0256. The minimum atomic E-state index is -4.96. The van der Waals surface area contributed by atoms with Gasteiger partial charge in [-0.3, -0.25) is 0 Å². The number of nitriles is 1. The van der Waals surface area contributed by atoms with Gasteiger partial charge in [-0.1, -0.05) is 48.5 Å². The summed E-state index contributed by atoms with van der Waals surface area (Å²) in [6.45, 7) is 0. The largest absolute Gasteiger partial charge is 0.418 e. The van der Waals surface area contributed by atoms with Crippen LogP contribution in [0.5, 0.6) is 0 Å². The van der Waals surface area contributed by atoms with Crippen LogP contribution >= 0.6 is 0 Å². The monoisotopic (exact) mass is 713 g/mol. The van der Waals surface area contributed by atoms with Gasteiger partial charge in [-0.05, 0) is 72.8 Å². The highest BCUT2D eigenvalue weighted by Gasteiger charge is 2.37. The molecule has 0 radical (unpaired) electrons. The number of rotatable bonds is 3. The Morgan fingerprint density at radius 3 is 1.50 bits per heavy atom. The van der Waals surface area contributed by atoms with E-state index in [9.17, 15) is 31.6 Å². The molecule has 0 aliphatic heterocycles. The van der Waals surface area contributed by atoms with Crippen LogP contribution in [0, 0.1) is 11.3 Å². The van der Waals surface area contributed by atoms with E-state index >= 15 is 13.2 Å². The first-order chi connectivity index (χ1) is 24.7. The summed E-state index contributed by atoms with van der Waals surface area (Å²) < 4.78 is 131. The van der Waals surface area contributed by atoms with Gasteiger partial charge in [0.15, 0.2) is 0 Å². The van der Waals surface area contributed by atoms with E-state index in [4.69, 9.17) is 0 Å². The van der Waals surface area contributed by atoms with Crippen molar-refractivity contribution in [1.82, 2.24) is 9.13 Å². The van der Waals surface area contributed by atoms with E-state index in [0.717, 1.165) is 36.4 Å². The van der Waals surface area contributed by atoms with Crippen molar-refractivity contribution in [2.75, 3.05) is 0 Å². The van der Waals surface area contributed by atoms with Crippen molar-refractivity contribution in [3.63, 3.8) is 0 Å². The predicted molar refractivity (Wildman–Crippen MR) is 180 cm³/mol. The SMILES string of the molecule is N#Cc1ccc(-n2c3ccccc3c3cc(C(F)(F)F)ccc32)c(-c2cccc(C(F)(F)F)c2-n2c3ccccc3c3cc(C(F)(F)F)ccc32)c1. The molecule has 2 aromatic heterocycles. The molecular weight excluding hydrogens is 693 g/mol. The summed E-state index contributed by atoms with van der Waals surface area (Å²) in [7, 11) is 0. The Labute approximate surface area is 288 Å². The van der Waals surface area contributed by atoms with Crippen LogP contribution in [-0.2, 0) is 18.5 Å². The number of hydrogen-bond acceptors (Lipinski definition) is 1. The normalized spacial score (nSPS) is 12.7. The third-order valence-electron chi connectivity index (χ3n) is 9.22. The molecule has 0 N–H and O–H groups in total. The van der Waals surface area contributed by atoms with Crippen LogP contribution in [0.4, 0.5) is 39.5 Å². The highest BCUT2D eigenvalue weighted by atomic mass is 19.4. The van der Waals surface area contributed by atoms with Crippen molar-refractivity contribution in [1.29, 1.82) is 5.26 Å². The first kappa shape index (κ1) is 33.0. The summed E-state index contributed by atoms with van der Waals surface area (Å²) in [6.07, 6.45) is -14.3. The van der Waals surface area contributed by atoms with Crippen molar-refractivity contribution >= 4 is 43.6 Å². The fraction of sp³-hybridized carbons (Fsp3) is 0.0750. The molecule has 0 bridgehead atoms. The van der Waals surface area contributed by atoms with Crippen LogP contribution in [0.1, 0.15) is 22.3 Å². The molecule has 12 heteroatoms. The quantitative estimate of drug-likeness (QED) is 0.168. The Bertz CT molecular complexity index is 2770. The van der Waals surface area contributed by atoms with Gasteiger partial charge in [-0.25, -0.2) is 0 Å². The number of nitrogens with zero attached hydrogens (tertiary/aromatic N) is 3. The van der Waals surface area contributed by atoms with E-state index in [1.807, 2.05) is 6.07 Å². The van der Waals surface area contributed by atoms with Crippen LogP contribution in [0.3, 0.4) is 0 Å². The molecule has 8 rings (SSSR count). The highest BCUT2D eigenvalue weighted by molar-refractivity contribution is 6.12. The molecule has 52 heavy (non-hydrogen) atoms. The fourth-order valence-corrected chi connectivity index (χ4v) is 7.05. The Kier molecular flexibility index (Phi) is 7.22. The molecule has 8 aromatic rings. The van der Waals surface area contributed by atoms with E-state index in [0.29, 0.717) is 16.4 Å². The molecule has 0 fully saturated rings. The van der Waals surface area contributed by atoms with Crippen LogP contribution in [0.15, 0.2) is 121 Å². The smallest absolute Gasteiger partial charge is 0.309 e. The number of aromatic nitrogens is 2. The second-order valence-electron chi connectivity index (χ2n) is 12.2. The topological polar surface area (TPSA) is 33.6 Å². The maximum absolute atomic E-state index is 15.1. The number of hydrogen-bond donors (Lipinski definition) is 0. The van der Waals surface area contributed by atoms with Gasteiger partial charge in [0, 0.05) is 32.7 Å². The fourth-order valence-electron chi connectivity index (χ4n) is 7.05.